The molecule has 2 aromatic carbocycles. The lowest BCUT2D eigenvalue weighted by molar-refractivity contribution is -0.118. The van der Waals surface area contributed by atoms with Gasteiger partial charge in [-0.15, -0.1) is 0 Å². The van der Waals surface area contributed by atoms with Crippen molar-refractivity contribution in [1.82, 2.24) is 4.90 Å². The number of hydrogen-bond acceptors (Lipinski definition) is 5. The zero-order valence-corrected chi connectivity index (χ0v) is 23.3. The molecule has 0 saturated carbocycles. The van der Waals surface area contributed by atoms with E-state index in [2.05, 4.69) is 10.2 Å². The number of nitrogens with one attached hydrogen (secondary N) is 1. The van der Waals surface area contributed by atoms with Crippen LogP contribution in [0.1, 0.15) is 61.1 Å². The van der Waals surface area contributed by atoms with E-state index in [9.17, 15) is 14.4 Å². The summed E-state index contributed by atoms with van der Waals surface area (Å²) >= 11 is 13.3. The van der Waals surface area contributed by atoms with Crippen molar-refractivity contribution < 1.29 is 19.1 Å². The minimum Gasteiger partial charge on any atom is -0.481 e. The van der Waals surface area contributed by atoms with E-state index in [1.807, 2.05) is 39.1 Å². The summed E-state index contributed by atoms with van der Waals surface area (Å²) in [5.41, 5.74) is 6.68. The molecule has 38 heavy (non-hydrogen) atoms. The van der Waals surface area contributed by atoms with Gasteiger partial charge in [-0.3, -0.25) is 14.4 Å². The highest BCUT2D eigenvalue weighted by Gasteiger charge is 2.42. The molecular formula is C30H30Cl2N2O4. The molecule has 0 fully saturated rings. The number of Topliss-reactive ketones (excluding diaryl/α,β-unsaturated/α-hetero) is 2. The first-order chi connectivity index (χ1) is 18.2. The molecule has 0 saturated heterocycles. The van der Waals surface area contributed by atoms with Crippen LogP contribution >= 0.6 is 23.2 Å². The lowest BCUT2D eigenvalue weighted by atomic mass is 9.71. The Kier molecular flexibility index (Phi) is 7.38. The van der Waals surface area contributed by atoms with E-state index >= 15 is 0 Å². The highest BCUT2D eigenvalue weighted by atomic mass is 35.5. The van der Waals surface area contributed by atoms with Crippen LogP contribution in [0.15, 0.2) is 52.9 Å². The van der Waals surface area contributed by atoms with Crippen molar-refractivity contribution in [2.75, 3.05) is 19.0 Å². The maximum absolute atomic E-state index is 13.2. The first kappa shape index (κ1) is 26.5. The molecule has 1 heterocycles. The number of ketones is 2. The van der Waals surface area contributed by atoms with E-state index < -0.39 is 5.92 Å². The van der Waals surface area contributed by atoms with Crippen molar-refractivity contribution in [3.05, 3.63) is 79.6 Å². The lowest BCUT2D eigenvalue weighted by Gasteiger charge is -2.42. The van der Waals surface area contributed by atoms with E-state index in [4.69, 9.17) is 27.9 Å². The highest BCUT2D eigenvalue weighted by Crippen LogP contribution is 2.50. The predicted molar refractivity (Wildman–Crippen MR) is 149 cm³/mol. The van der Waals surface area contributed by atoms with Gasteiger partial charge in [-0.05, 0) is 74.4 Å². The number of carbonyl (C=O) groups is 3. The second kappa shape index (κ2) is 10.6. The monoisotopic (exact) mass is 552 g/mol. The van der Waals surface area contributed by atoms with Crippen molar-refractivity contribution in [1.29, 1.82) is 0 Å². The molecule has 0 unspecified atom stereocenters. The lowest BCUT2D eigenvalue weighted by Crippen LogP contribution is -2.37. The first-order valence-corrected chi connectivity index (χ1v) is 13.7. The van der Waals surface area contributed by atoms with Gasteiger partial charge in [0.05, 0.1) is 10.0 Å². The molecule has 6 nitrogen and oxygen atoms in total. The number of rotatable bonds is 5. The van der Waals surface area contributed by atoms with Gasteiger partial charge in [0.2, 0.25) is 0 Å². The van der Waals surface area contributed by atoms with Crippen LogP contribution in [0.5, 0.6) is 5.75 Å². The molecule has 1 N–H and O–H groups in total. The summed E-state index contributed by atoms with van der Waals surface area (Å²) in [6, 6.07) is 9.24. The molecule has 8 heteroatoms. The van der Waals surface area contributed by atoms with Crippen molar-refractivity contribution in [3.8, 4) is 5.75 Å². The molecule has 5 rings (SSSR count). The summed E-state index contributed by atoms with van der Waals surface area (Å²) in [5.74, 6) is -0.536. The number of hydrogen-bond donors (Lipinski definition) is 1. The summed E-state index contributed by atoms with van der Waals surface area (Å²) in [4.78, 5) is 41.0. The molecule has 2 aromatic rings. The second-order valence-electron chi connectivity index (χ2n) is 10.2. The van der Waals surface area contributed by atoms with Gasteiger partial charge in [-0.1, -0.05) is 35.3 Å². The highest BCUT2D eigenvalue weighted by molar-refractivity contribution is 6.37. The van der Waals surface area contributed by atoms with E-state index in [1.165, 1.54) is 0 Å². The quantitative estimate of drug-likeness (QED) is 0.448. The Bertz CT molecular complexity index is 1360. The van der Waals surface area contributed by atoms with Crippen molar-refractivity contribution >= 4 is 46.4 Å². The third-order valence-corrected chi connectivity index (χ3v) is 8.17. The second-order valence-corrected chi connectivity index (χ2v) is 11.0. The number of nitrogens with zero attached hydrogens (tertiary/aromatic N) is 1. The fraction of sp³-hybridized carbons (Fsp3) is 0.367. The molecule has 0 radical (unpaired) electrons. The van der Waals surface area contributed by atoms with Gasteiger partial charge in [0.15, 0.2) is 23.9 Å². The van der Waals surface area contributed by atoms with E-state index in [0.717, 1.165) is 53.9 Å². The Balaban J connectivity index is 1.44. The number of halogens is 2. The van der Waals surface area contributed by atoms with Gasteiger partial charge in [0, 0.05) is 54.0 Å². The van der Waals surface area contributed by atoms with Gasteiger partial charge in [-0.2, -0.15) is 0 Å². The number of amides is 1. The normalized spacial score (nSPS) is 18.0. The summed E-state index contributed by atoms with van der Waals surface area (Å²) in [6.07, 6.45) is 4.08. The predicted octanol–water partition coefficient (Wildman–Crippen LogP) is 6.67. The van der Waals surface area contributed by atoms with E-state index in [0.29, 0.717) is 29.6 Å². The Morgan fingerprint density at radius 2 is 1.53 bits per heavy atom. The SMILES string of the molecule is Cc1ccc(C)c(NC(=O)COc2c(Cl)cc(C3C4=C(CCCC4=O)N(C)C4=C3C(=O)CCC4)cc2Cl)c1. The van der Waals surface area contributed by atoms with Crippen LogP contribution < -0.4 is 10.1 Å². The standard InChI is InChI=1S/C30H30Cl2N2O4/c1-16-10-11-17(2)21(12-16)33-26(37)15-38-30-19(31)13-18(14-20(30)32)27-28-22(6-4-8-24(28)35)34(3)23-7-5-9-25(36)29(23)27/h10-14,27H,4-9,15H2,1-3H3,(H,33,37). The van der Waals surface area contributed by atoms with Crippen LogP contribution in [-0.2, 0) is 14.4 Å². The van der Waals surface area contributed by atoms with E-state index in [1.54, 1.807) is 12.1 Å². The number of benzene rings is 2. The van der Waals surface area contributed by atoms with Crippen molar-refractivity contribution in [3.63, 3.8) is 0 Å². The summed E-state index contributed by atoms with van der Waals surface area (Å²) in [7, 11) is 1.96. The average molecular weight is 553 g/mol. The van der Waals surface area contributed by atoms with Crippen LogP contribution in [0.2, 0.25) is 10.0 Å². The van der Waals surface area contributed by atoms with Gasteiger partial charge in [-0.25, -0.2) is 0 Å². The third-order valence-electron chi connectivity index (χ3n) is 7.61. The summed E-state index contributed by atoms with van der Waals surface area (Å²) in [6.45, 7) is 3.60. The number of anilines is 1. The van der Waals surface area contributed by atoms with Gasteiger partial charge >= 0.3 is 0 Å². The largest absolute Gasteiger partial charge is 0.481 e. The minimum absolute atomic E-state index is 0.0590. The van der Waals surface area contributed by atoms with E-state index in [-0.39, 0.29) is 39.9 Å². The number of aryl methyl sites for hydroxylation is 2. The van der Waals surface area contributed by atoms with Crippen LogP contribution in [0.4, 0.5) is 5.69 Å². The Morgan fingerprint density at radius 1 is 0.947 bits per heavy atom. The Labute approximate surface area is 232 Å². The molecule has 0 bridgehead atoms. The number of allylic oxidation sites excluding steroid dienone is 4. The van der Waals surface area contributed by atoms with Crippen LogP contribution in [0.25, 0.3) is 0 Å². The summed E-state index contributed by atoms with van der Waals surface area (Å²) in [5, 5.41) is 3.31. The number of carbonyl (C=O) groups excluding carboxylic acids is 3. The maximum Gasteiger partial charge on any atom is 0.262 e. The average Bonchev–Trinajstić information content (AvgIpc) is 2.87. The van der Waals surface area contributed by atoms with Gasteiger partial charge < -0.3 is 15.0 Å². The van der Waals surface area contributed by atoms with Gasteiger partial charge in [0.1, 0.15) is 0 Å². The molecular weight excluding hydrogens is 523 g/mol. The maximum atomic E-state index is 13.2. The fourth-order valence-corrected chi connectivity index (χ4v) is 6.38. The first-order valence-electron chi connectivity index (χ1n) is 12.9. The van der Waals surface area contributed by atoms with Crippen molar-refractivity contribution in [2.45, 2.75) is 58.3 Å². The fourth-order valence-electron chi connectivity index (χ4n) is 5.76. The molecule has 1 amide bonds. The molecule has 0 aromatic heterocycles. The molecule has 1 aliphatic heterocycles. The molecule has 0 spiro atoms. The molecule has 2 aliphatic carbocycles. The summed E-state index contributed by atoms with van der Waals surface area (Å²) < 4.78 is 5.74. The number of ether oxygens (including phenoxy) is 1. The third kappa shape index (κ3) is 4.87. The molecule has 198 valence electrons. The van der Waals surface area contributed by atoms with Crippen LogP contribution in [0.3, 0.4) is 0 Å². The Hall–Kier alpha value is -3.09. The van der Waals surface area contributed by atoms with Gasteiger partial charge in [0.25, 0.3) is 5.91 Å². The van der Waals surface area contributed by atoms with Crippen LogP contribution in [0, 0.1) is 13.8 Å². The topological polar surface area (TPSA) is 75.7 Å². The molecule has 0 atom stereocenters. The van der Waals surface area contributed by atoms with Crippen molar-refractivity contribution in [2.24, 2.45) is 0 Å². The molecule has 3 aliphatic rings. The smallest absolute Gasteiger partial charge is 0.262 e. The zero-order valence-electron chi connectivity index (χ0n) is 21.7. The zero-order chi connectivity index (χ0) is 27.1. The Morgan fingerprint density at radius 3 is 2.11 bits per heavy atom. The van der Waals surface area contributed by atoms with Crippen LogP contribution in [-0.4, -0.2) is 36.0 Å². The minimum atomic E-state index is -0.506.